The van der Waals surface area contributed by atoms with Crippen LogP contribution in [-0.4, -0.2) is 70.1 Å². The van der Waals surface area contributed by atoms with Crippen molar-refractivity contribution in [1.29, 1.82) is 0 Å². The molecule has 2 aromatic carbocycles. The summed E-state index contributed by atoms with van der Waals surface area (Å²) in [4.78, 5) is 58.0. The van der Waals surface area contributed by atoms with Crippen LogP contribution in [-0.2, 0) is 32.8 Å². The Balaban J connectivity index is 1.74. The lowest BCUT2D eigenvalue weighted by Crippen LogP contribution is -2.61. The van der Waals surface area contributed by atoms with Crippen molar-refractivity contribution in [3.8, 4) is 0 Å². The first kappa shape index (κ1) is 37.9. The van der Waals surface area contributed by atoms with E-state index >= 15 is 0 Å². The maximum Gasteiger partial charge on any atom is 0.470 e. The van der Waals surface area contributed by atoms with E-state index in [1.165, 1.54) is 62.1 Å². The lowest BCUT2D eigenvalue weighted by atomic mass is 9.98. The van der Waals surface area contributed by atoms with E-state index in [-0.39, 0.29) is 28.9 Å². The largest absolute Gasteiger partial charge is 0.470 e. The average molecular weight is 681 g/mol. The fraction of sp³-hybridized carbons (Fsp3) is 0.531. The van der Waals surface area contributed by atoms with Gasteiger partial charge in [-0.25, -0.2) is 14.2 Å². The Labute approximate surface area is 273 Å². The summed E-state index contributed by atoms with van der Waals surface area (Å²) in [5.41, 5.74) is 11.6. The first-order valence-electron chi connectivity index (χ1n) is 15.7. The molecule has 1 aliphatic rings. The van der Waals surface area contributed by atoms with Crippen LogP contribution in [0.1, 0.15) is 91.8 Å². The van der Waals surface area contributed by atoms with Gasteiger partial charge in [-0.3, -0.25) is 9.32 Å². The highest BCUT2D eigenvalue weighted by Crippen LogP contribution is 2.42. The molecule has 14 nitrogen and oxygen atoms in total. The number of nitrogens with two attached hydrogens (primary N) is 2. The van der Waals surface area contributed by atoms with E-state index in [0.29, 0.717) is 6.42 Å². The van der Waals surface area contributed by atoms with Crippen LogP contribution in [0.15, 0.2) is 48.5 Å². The van der Waals surface area contributed by atoms with Crippen molar-refractivity contribution in [2.75, 3.05) is 18.1 Å². The molecule has 0 radical (unpaired) electrons. The van der Waals surface area contributed by atoms with E-state index in [9.17, 15) is 33.8 Å². The minimum absolute atomic E-state index is 0.0181. The number of esters is 3. The van der Waals surface area contributed by atoms with E-state index in [2.05, 4.69) is 6.92 Å². The molecule has 0 unspecified atom stereocenters. The molecule has 1 saturated heterocycles. The summed E-state index contributed by atoms with van der Waals surface area (Å²) in [7, 11) is -5.36. The molecule has 0 spiro atoms. The number of para-hydroxylation sites is 2. The normalized spacial score (nSPS) is 21.1. The van der Waals surface area contributed by atoms with Gasteiger partial charge in [0.15, 0.2) is 6.10 Å². The zero-order chi connectivity index (χ0) is 34.4. The molecule has 0 bridgehead atoms. The summed E-state index contributed by atoms with van der Waals surface area (Å²) in [6.07, 6.45) is 0.313. The summed E-state index contributed by atoms with van der Waals surface area (Å²) >= 11 is 0. The molecule has 1 fully saturated rings. The lowest BCUT2D eigenvalue weighted by Gasteiger charge is -2.42. The Morgan fingerprint density at radius 2 is 1.30 bits per heavy atom. The molecule has 7 N–H and O–H groups in total. The van der Waals surface area contributed by atoms with Crippen LogP contribution in [0.4, 0.5) is 11.4 Å². The number of carbonyl (C=O) groups is 3. The predicted molar refractivity (Wildman–Crippen MR) is 171 cm³/mol. The van der Waals surface area contributed by atoms with Crippen LogP contribution < -0.4 is 11.5 Å². The molecule has 5 atom stereocenters. The van der Waals surface area contributed by atoms with Crippen molar-refractivity contribution in [1.82, 2.24) is 0 Å². The van der Waals surface area contributed by atoms with Crippen LogP contribution in [0.5, 0.6) is 0 Å². The molecular weight excluding hydrogens is 635 g/mol. The minimum Gasteiger partial charge on any atom is -0.463 e. The number of unbranched alkanes of at least 4 members (excludes halogenated alkanes) is 8. The van der Waals surface area contributed by atoms with Crippen LogP contribution >= 0.6 is 7.82 Å². The summed E-state index contributed by atoms with van der Waals surface area (Å²) < 4.78 is 38.8. The number of aliphatic hydroxyl groups excluding tert-OH is 1. The van der Waals surface area contributed by atoms with Crippen molar-refractivity contribution < 1.29 is 57.3 Å². The molecule has 1 heterocycles. The Hall–Kier alpha value is -3.52. The van der Waals surface area contributed by atoms with Gasteiger partial charge in [0, 0.05) is 17.8 Å². The summed E-state index contributed by atoms with van der Waals surface area (Å²) in [5, 5.41) is 11.1. The molecule has 1 aliphatic heterocycles. The van der Waals surface area contributed by atoms with Crippen molar-refractivity contribution in [3.05, 3.63) is 59.7 Å². The van der Waals surface area contributed by atoms with Crippen molar-refractivity contribution in [2.24, 2.45) is 0 Å². The van der Waals surface area contributed by atoms with Crippen LogP contribution in [0.25, 0.3) is 0 Å². The molecule has 47 heavy (non-hydrogen) atoms. The minimum atomic E-state index is -5.36. The van der Waals surface area contributed by atoms with Crippen LogP contribution in [0.2, 0.25) is 0 Å². The van der Waals surface area contributed by atoms with Gasteiger partial charge in [-0.15, -0.1) is 0 Å². The zero-order valence-electron chi connectivity index (χ0n) is 26.4. The first-order chi connectivity index (χ1) is 22.4. The molecule has 3 rings (SSSR count). The zero-order valence-corrected chi connectivity index (χ0v) is 27.3. The fourth-order valence-electron chi connectivity index (χ4n) is 5.08. The Kier molecular flexibility index (Phi) is 15.1. The molecule has 0 aromatic heterocycles. The van der Waals surface area contributed by atoms with E-state index in [4.69, 9.17) is 34.9 Å². The Morgan fingerprint density at radius 1 is 0.787 bits per heavy atom. The van der Waals surface area contributed by atoms with Gasteiger partial charge >= 0.3 is 25.7 Å². The number of ether oxygens (including phenoxy) is 4. The number of aliphatic hydroxyl groups is 1. The SMILES string of the molecule is CCCCCCCCCCCC(=O)OC[C@H]1O[C@@H](OC(=O)c2ccccc2N)[C@H](OC(=O)c2ccccc2N)[C@@H](OP(=O)(O)O)[C@@H]1O. The second-order valence-corrected chi connectivity index (χ2v) is 12.5. The van der Waals surface area contributed by atoms with E-state index < -0.39 is 63.0 Å². The van der Waals surface area contributed by atoms with Gasteiger partial charge in [0.05, 0.1) is 11.1 Å². The smallest absolute Gasteiger partial charge is 0.463 e. The average Bonchev–Trinajstić information content (AvgIpc) is 3.02. The number of phosphoric ester groups is 1. The highest BCUT2D eigenvalue weighted by Gasteiger charge is 2.53. The number of phosphoric acid groups is 1. The molecule has 15 heteroatoms. The lowest BCUT2D eigenvalue weighted by molar-refractivity contribution is -0.282. The number of carbonyl (C=O) groups excluding carboxylic acids is 3. The number of nitrogen functional groups attached to an aromatic ring is 2. The quantitative estimate of drug-likeness (QED) is 0.0487. The third kappa shape index (κ3) is 12.2. The second-order valence-electron chi connectivity index (χ2n) is 11.3. The highest BCUT2D eigenvalue weighted by atomic mass is 31.2. The third-order valence-corrected chi connectivity index (χ3v) is 8.12. The van der Waals surface area contributed by atoms with Crippen LogP contribution in [0, 0.1) is 0 Å². The number of hydrogen-bond acceptors (Lipinski definition) is 12. The predicted octanol–water partition coefficient (Wildman–Crippen LogP) is 4.26. The van der Waals surface area contributed by atoms with Gasteiger partial charge in [-0.2, -0.15) is 0 Å². The van der Waals surface area contributed by atoms with E-state index in [1.54, 1.807) is 12.1 Å². The summed E-state index contributed by atoms with van der Waals surface area (Å²) in [6, 6.07) is 11.7. The van der Waals surface area contributed by atoms with Crippen molar-refractivity contribution in [3.63, 3.8) is 0 Å². The third-order valence-electron chi connectivity index (χ3n) is 7.60. The molecule has 0 saturated carbocycles. The van der Waals surface area contributed by atoms with Gasteiger partial charge < -0.3 is 45.3 Å². The summed E-state index contributed by atoms with van der Waals surface area (Å²) in [6.45, 7) is 1.58. The van der Waals surface area contributed by atoms with Gasteiger partial charge in [0.25, 0.3) is 0 Å². The molecule has 260 valence electrons. The fourth-order valence-corrected chi connectivity index (χ4v) is 5.64. The number of rotatable bonds is 18. The molecule has 2 aromatic rings. The van der Waals surface area contributed by atoms with Gasteiger partial charge in [-0.1, -0.05) is 82.6 Å². The van der Waals surface area contributed by atoms with Gasteiger partial charge in [0.2, 0.25) is 6.29 Å². The van der Waals surface area contributed by atoms with Crippen molar-refractivity contribution in [2.45, 2.75) is 102 Å². The number of benzene rings is 2. The topological polar surface area (TPSA) is 227 Å². The first-order valence-corrected chi connectivity index (χ1v) is 17.3. The molecular formula is C32H45N2O12P. The van der Waals surface area contributed by atoms with E-state index in [0.717, 1.165) is 25.7 Å². The standard InChI is InChI=1S/C32H45N2O12P/c1-2-3-4-5-6-7-8-9-10-19-26(35)42-20-25-27(36)28(46-47(39,40)41)29(44-30(37)21-15-11-13-17-23(21)33)32(43-25)45-31(38)22-16-12-14-18-24(22)34/h11-18,25,27-29,32,36H,2-10,19-20,33-34H2,1H3,(H2,39,40,41)/t25-,27-,28+,29-,32+/m1/s1. The number of hydrogen-bond donors (Lipinski definition) is 5. The summed E-state index contributed by atoms with van der Waals surface area (Å²) in [5.74, 6) is -2.72. The molecule has 0 aliphatic carbocycles. The Morgan fingerprint density at radius 3 is 1.83 bits per heavy atom. The van der Waals surface area contributed by atoms with E-state index in [1.807, 2.05) is 0 Å². The molecule has 0 amide bonds. The van der Waals surface area contributed by atoms with Gasteiger partial charge in [-0.05, 0) is 30.7 Å². The van der Waals surface area contributed by atoms with Gasteiger partial charge in [0.1, 0.15) is 24.9 Å². The monoisotopic (exact) mass is 680 g/mol. The second kappa shape index (κ2) is 18.7. The maximum atomic E-state index is 13.1. The van der Waals surface area contributed by atoms with Crippen LogP contribution in [0.3, 0.4) is 0 Å². The van der Waals surface area contributed by atoms with Crippen molar-refractivity contribution >= 4 is 37.1 Å². The Bertz CT molecular complexity index is 1370. The maximum absolute atomic E-state index is 13.1. The number of anilines is 2. The highest BCUT2D eigenvalue weighted by molar-refractivity contribution is 7.46.